The van der Waals surface area contributed by atoms with Gasteiger partial charge >= 0.3 is 0 Å². The first-order chi connectivity index (χ1) is 7.88. The van der Waals surface area contributed by atoms with Gasteiger partial charge in [0.25, 0.3) is 0 Å². The summed E-state index contributed by atoms with van der Waals surface area (Å²) in [6.07, 6.45) is 0. The highest BCUT2D eigenvalue weighted by Crippen LogP contribution is 2.23. The fourth-order valence-electron chi connectivity index (χ4n) is 1.43. The molecule has 96 valence electrons. The molecule has 1 unspecified atom stereocenters. The molecular weight excluding hydrogens is 281 g/mol. The van der Waals surface area contributed by atoms with Crippen molar-refractivity contribution in [3.8, 4) is 0 Å². The molecule has 0 amide bonds. The Kier molecular flexibility index (Phi) is 5.25. The Hall–Kier alpha value is -0.290. The van der Waals surface area contributed by atoms with E-state index in [1.807, 2.05) is 19.1 Å². The first kappa shape index (κ1) is 14.8. The third-order valence-electron chi connectivity index (χ3n) is 2.67. The van der Waals surface area contributed by atoms with Crippen LogP contribution < -0.4 is 0 Å². The molecule has 1 rings (SSSR count). The molecule has 1 atom stereocenters. The lowest BCUT2D eigenvalue weighted by Crippen LogP contribution is -2.32. The van der Waals surface area contributed by atoms with Crippen molar-refractivity contribution >= 4 is 33.2 Å². The number of benzene rings is 1. The lowest BCUT2D eigenvalue weighted by molar-refractivity contribution is 0.399. The van der Waals surface area contributed by atoms with Gasteiger partial charge < -0.3 is 0 Å². The second kappa shape index (κ2) is 6.05. The SMILES string of the molecule is CC(c1ccc(Cl)cc1)N(C)S(=O)(=O)CCCl. The molecule has 3 nitrogen and oxygen atoms in total. The summed E-state index contributed by atoms with van der Waals surface area (Å²) in [6, 6.07) is 6.89. The van der Waals surface area contributed by atoms with Crippen LogP contribution in [0.25, 0.3) is 0 Å². The monoisotopic (exact) mass is 295 g/mol. The third-order valence-corrected chi connectivity index (χ3v) is 5.25. The standard InChI is InChI=1S/C11H15Cl2NO2S/c1-9(10-3-5-11(13)6-4-10)14(2)17(15,16)8-7-12/h3-6,9H,7-8H2,1-2H3. The number of hydrogen-bond acceptors (Lipinski definition) is 2. The molecule has 0 aromatic heterocycles. The van der Waals surface area contributed by atoms with E-state index >= 15 is 0 Å². The van der Waals surface area contributed by atoms with Gasteiger partial charge in [-0.3, -0.25) is 0 Å². The predicted molar refractivity (Wildman–Crippen MR) is 72.1 cm³/mol. The topological polar surface area (TPSA) is 37.4 Å². The van der Waals surface area contributed by atoms with E-state index in [1.54, 1.807) is 19.2 Å². The van der Waals surface area contributed by atoms with Crippen molar-refractivity contribution in [1.82, 2.24) is 4.31 Å². The minimum Gasteiger partial charge on any atom is -0.212 e. The summed E-state index contributed by atoms with van der Waals surface area (Å²) < 4.78 is 25.0. The second-order valence-corrected chi connectivity index (χ2v) is 6.71. The number of hydrogen-bond donors (Lipinski definition) is 0. The van der Waals surface area contributed by atoms with Crippen LogP contribution in [0.3, 0.4) is 0 Å². The van der Waals surface area contributed by atoms with Crippen LogP contribution in [0, 0.1) is 0 Å². The van der Waals surface area contributed by atoms with Crippen molar-refractivity contribution in [2.24, 2.45) is 0 Å². The summed E-state index contributed by atoms with van der Waals surface area (Å²) in [4.78, 5) is 0. The number of halogens is 2. The van der Waals surface area contributed by atoms with Gasteiger partial charge in [-0.05, 0) is 24.6 Å². The van der Waals surface area contributed by atoms with E-state index < -0.39 is 10.0 Å². The molecule has 0 N–H and O–H groups in total. The maximum absolute atomic E-state index is 11.8. The van der Waals surface area contributed by atoms with Crippen LogP contribution in [-0.4, -0.2) is 31.4 Å². The molecule has 0 radical (unpaired) electrons. The van der Waals surface area contributed by atoms with Gasteiger partial charge in [0.15, 0.2) is 0 Å². The van der Waals surface area contributed by atoms with Crippen molar-refractivity contribution < 1.29 is 8.42 Å². The summed E-state index contributed by atoms with van der Waals surface area (Å²) in [7, 11) is -1.74. The van der Waals surface area contributed by atoms with Crippen molar-refractivity contribution in [2.75, 3.05) is 18.7 Å². The Morgan fingerprint density at radius 3 is 2.29 bits per heavy atom. The van der Waals surface area contributed by atoms with Crippen LogP contribution in [0.2, 0.25) is 5.02 Å². The molecule has 17 heavy (non-hydrogen) atoms. The van der Waals surface area contributed by atoms with Gasteiger partial charge in [-0.1, -0.05) is 23.7 Å². The van der Waals surface area contributed by atoms with Crippen molar-refractivity contribution in [1.29, 1.82) is 0 Å². The van der Waals surface area contributed by atoms with Crippen LogP contribution in [0.15, 0.2) is 24.3 Å². The lowest BCUT2D eigenvalue weighted by Gasteiger charge is -2.24. The zero-order valence-corrected chi connectivity index (χ0v) is 12.1. The lowest BCUT2D eigenvalue weighted by atomic mass is 10.1. The van der Waals surface area contributed by atoms with E-state index in [1.165, 1.54) is 4.31 Å². The van der Waals surface area contributed by atoms with Crippen molar-refractivity contribution in [2.45, 2.75) is 13.0 Å². The molecule has 0 heterocycles. The molecule has 0 saturated carbocycles. The summed E-state index contributed by atoms with van der Waals surface area (Å²) in [5, 5.41) is 0.632. The minimum atomic E-state index is -3.30. The van der Waals surface area contributed by atoms with E-state index in [-0.39, 0.29) is 17.7 Å². The molecule has 0 aliphatic carbocycles. The quantitative estimate of drug-likeness (QED) is 0.783. The molecule has 0 aliphatic rings. The average molecular weight is 296 g/mol. The predicted octanol–water partition coefficient (Wildman–Crippen LogP) is 2.90. The highest BCUT2D eigenvalue weighted by Gasteiger charge is 2.23. The Morgan fingerprint density at radius 2 is 1.82 bits per heavy atom. The molecule has 0 aliphatic heterocycles. The second-order valence-electron chi connectivity index (χ2n) is 3.75. The van der Waals surface area contributed by atoms with Crippen molar-refractivity contribution in [3.05, 3.63) is 34.9 Å². The molecule has 1 aromatic rings. The number of nitrogens with zero attached hydrogens (tertiary/aromatic N) is 1. The Labute approximate surface area is 112 Å². The van der Waals surface area contributed by atoms with Gasteiger partial charge in [-0.25, -0.2) is 8.42 Å². The first-order valence-electron chi connectivity index (χ1n) is 5.15. The average Bonchev–Trinajstić information content (AvgIpc) is 2.28. The molecule has 0 spiro atoms. The normalized spacial score (nSPS) is 13.9. The maximum Gasteiger partial charge on any atom is 0.215 e. The van der Waals surface area contributed by atoms with E-state index in [2.05, 4.69) is 0 Å². The molecule has 1 aromatic carbocycles. The van der Waals surface area contributed by atoms with Gasteiger partial charge in [0.05, 0.1) is 5.75 Å². The number of sulfonamides is 1. The summed E-state index contributed by atoms with van der Waals surface area (Å²) in [5.41, 5.74) is 0.898. The van der Waals surface area contributed by atoms with Crippen LogP contribution in [0.4, 0.5) is 0 Å². The smallest absolute Gasteiger partial charge is 0.212 e. The van der Waals surface area contributed by atoms with Crippen LogP contribution >= 0.6 is 23.2 Å². The van der Waals surface area contributed by atoms with Crippen molar-refractivity contribution in [3.63, 3.8) is 0 Å². The maximum atomic E-state index is 11.8. The Morgan fingerprint density at radius 1 is 1.29 bits per heavy atom. The van der Waals surface area contributed by atoms with Crippen LogP contribution in [-0.2, 0) is 10.0 Å². The summed E-state index contributed by atoms with van der Waals surface area (Å²) in [5.74, 6) is 0.0446. The van der Waals surface area contributed by atoms with E-state index in [0.717, 1.165) is 5.56 Å². The molecule has 0 fully saturated rings. The van der Waals surface area contributed by atoms with E-state index in [9.17, 15) is 8.42 Å². The fourth-order valence-corrected chi connectivity index (χ4v) is 3.23. The van der Waals surface area contributed by atoms with Gasteiger partial charge in [-0.2, -0.15) is 4.31 Å². The van der Waals surface area contributed by atoms with E-state index in [0.29, 0.717) is 5.02 Å². The molecule has 6 heteroatoms. The first-order valence-corrected chi connectivity index (χ1v) is 7.68. The molecule has 0 saturated heterocycles. The van der Waals surface area contributed by atoms with Crippen LogP contribution in [0.5, 0.6) is 0 Å². The van der Waals surface area contributed by atoms with Gasteiger partial charge in [0, 0.05) is 24.0 Å². The summed E-state index contributed by atoms with van der Waals surface area (Å²) in [6.45, 7) is 1.83. The highest BCUT2D eigenvalue weighted by atomic mass is 35.5. The van der Waals surface area contributed by atoms with Crippen LogP contribution in [0.1, 0.15) is 18.5 Å². The Balaban J connectivity index is 2.90. The highest BCUT2D eigenvalue weighted by molar-refractivity contribution is 7.89. The zero-order chi connectivity index (χ0) is 13.1. The molecular formula is C11H15Cl2NO2S. The zero-order valence-electron chi connectivity index (χ0n) is 9.73. The van der Waals surface area contributed by atoms with E-state index in [4.69, 9.17) is 23.2 Å². The number of alkyl halides is 1. The number of rotatable bonds is 5. The minimum absolute atomic E-state index is 0.0526. The third kappa shape index (κ3) is 3.85. The largest absolute Gasteiger partial charge is 0.215 e. The summed E-state index contributed by atoms with van der Waals surface area (Å²) >= 11 is 11.3. The van der Waals surface area contributed by atoms with Gasteiger partial charge in [0.2, 0.25) is 10.0 Å². The van der Waals surface area contributed by atoms with Gasteiger partial charge in [-0.15, -0.1) is 11.6 Å². The fraction of sp³-hybridized carbons (Fsp3) is 0.455. The molecule has 0 bridgehead atoms. The Bertz CT molecular complexity index is 459. The van der Waals surface area contributed by atoms with Gasteiger partial charge in [0.1, 0.15) is 0 Å².